The van der Waals surface area contributed by atoms with Crippen molar-refractivity contribution in [3.05, 3.63) is 57.6 Å². The number of rotatable bonds is 4. The first kappa shape index (κ1) is 22.0. The maximum absolute atomic E-state index is 13.1. The molecule has 0 atom stereocenters. The van der Waals surface area contributed by atoms with E-state index in [4.69, 9.17) is 9.47 Å². The van der Waals surface area contributed by atoms with Gasteiger partial charge in [0.2, 0.25) is 10.0 Å². The third kappa shape index (κ3) is 4.13. The van der Waals surface area contributed by atoms with E-state index in [1.807, 2.05) is 0 Å². The molecular formula is C21H23N3O7S. The van der Waals surface area contributed by atoms with Crippen LogP contribution in [0.3, 0.4) is 0 Å². The van der Waals surface area contributed by atoms with Gasteiger partial charge in [-0.1, -0.05) is 6.07 Å². The van der Waals surface area contributed by atoms with E-state index in [2.05, 4.69) is 0 Å². The number of nitro groups is 1. The summed E-state index contributed by atoms with van der Waals surface area (Å²) >= 11 is 0. The highest BCUT2D eigenvalue weighted by atomic mass is 32.2. The van der Waals surface area contributed by atoms with Crippen molar-refractivity contribution in [1.82, 2.24) is 9.21 Å². The summed E-state index contributed by atoms with van der Waals surface area (Å²) in [4.78, 5) is 25.2. The molecule has 10 nitrogen and oxygen atoms in total. The van der Waals surface area contributed by atoms with E-state index in [1.54, 1.807) is 12.1 Å². The van der Waals surface area contributed by atoms with Crippen LogP contribution >= 0.6 is 0 Å². The third-order valence-corrected chi connectivity index (χ3v) is 7.51. The molecule has 0 saturated carbocycles. The maximum Gasteiger partial charge on any atom is 0.273 e. The number of amides is 1. The molecule has 1 fully saturated rings. The van der Waals surface area contributed by atoms with Gasteiger partial charge < -0.3 is 14.4 Å². The first-order chi connectivity index (χ1) is 15.3. The summed E-state index contributed by atoms with van der Waals surface area (Å²) in [6.07, 6.45) is 0.719. The van der Waals surface area contributed by atoms with Gasteiger partial charge in [0, 0.05) is 55.9 Å². The van der Waals surface area contributed by atoms with E-state index < -0.39 is 14.9 Å². The van der Waals surface area contributed by atoms with Crippen molar-refractivity contribution in [2.45, 2.75) is 18.2 Å². The maximum atomic E-state index is 13.1. The molecule has 0 N–H and O–H groups in total. The van der Waals surface area contributed by atoms with Crippen LogP contribution in [0.1, 0.15) is 22.3 Å². The molecule has 2 aliphatic heterocycles. The summed E-state index contributed by atoms with van der Waals surface area (Å²) < 4.78 is 38.7. The molecule has 2 aromatic rings. The molecule has 0 aliphatic carbocycles. The Morgan fingerprint density at radius 3 is 2.41 bits per heavy atom. The Morgan fingerprint density at radius 1 is 1.03 bits per heavy atom. The highest BCUT2D eigenvalue weighted by Crippen LogP contribution is 2.33. The van der Waals surface area contributed by atoms with Crippen molar-refractivity contribution in [2.24, 2.45) is 0 Å². The smallest absolute Gasteiger partial charge is 0.273 e. The Morgan fingerprint density at radius 2 is 1.72 bits per heavy atom. The molecule has 170 valence electrons. The van der Waals surface area contributed by atoms with Gasteiger partial charge >= 0.3 is 0 Å². The number of nitrogens with zero attached hydrogens (tertiary/aromatic N) is 3. The molecule has 2 heterocycles. The average molecular weight is 461 g/mol. The molecule has 0 radical (unpaired) electrons. The molecule has 32 heavy (non-hydrogen) atoms. The van der Waals surface area contributed by atoms with E-state index >= 15 is 0 Å². The molecule has 11 heteroatoms. The highest BCUT2D eigenvalue weighted by Gasteiger charge is 2.32. The van der Waals surface area contributed by atoms with Crippen molar-refractivity contribution >= 4 is 21.6 Å². The Balaban J connectivity index is 1.48. The third-order valence-electron chi connectivity index (χ3n) is 5.61. The monoisotopic (exact) mass is 461 g/mol. The molecule has 0 bridgehead atoms. The summed E-state index contributed by atoms with van der Waals surface area (Å²) in [7, 11) is -3.78. The van der Waals surface area contributed by atoms with Gasteiger partial charge in [-0.2, -0.15) is 4.31 Å². The van der Waals surface area contributed by atoms with Crippen LogP contribution in [0.5, 0.6) is 11.5 Å². The number of fused-ring (bicyclic) bond motifs is 1. The lowest BCUT2D eigenvalue weighted by molar-refractivity contribution is -0.385. The van der Waals surface area contributed by atoms with Crippen LogP contribution < -0.4 is 9.47 Å². The van der Waals surface area contributed by atoms with E-state index in [0.29, 0.717) is 30.3 Å². The zero-order valence-corrected chi connectivity index (χ0v) is 18.3. The topological polar surface area (TPSA) is 119 Å². The van der Waals surface area contributed by atoms with Crippen LogP contribution in [-0.4, -0.2) is 67.8 Å². The fraction of sp³-hybridized carbons (Fsp3) is 0.381. The summed E-state index contributed by atoms with van der Waals surface area (Å²) in [6, 6.07) is 8.94. The molecular weight excluding hydrogens is 438 g/mol. The summed E-state index contributed by atoms with van der Waals surface area (Å²) in [5, 5.41) is 11.2. The molecule has 1 saturated heterocycles. The lowest BCUT2D eigenvalue weighted by Gasteiger charge is -2.34. The van der Waals surface area contributed by atoms with Crippen LogP contribution in [0.15, 0.2) is 41.3 Å². The minimum absolute atomic E-state index is 0.107. The number of hydrogen-bond donors (Lipinski definition) is 0. The number of hydrogen-bond acceptors (Lipinski definition) is 7. The summed E-state index contributed by atoms with van der Waals surface area (Å²) in [5.74, 6) is 0.571. The van der Waals surface area contributed by atoms with E-state index in [0.717, 1.165) is 6.42 Å². The van der Waals surface area contributed by atoms with Gasteiger partial charge in [-0.05, 0) is 25.1 Å². The number of carbonyl (C=O) groups excluding carboxylic acids is 1. The zero-order chi connectivity index (χ0) is 22.9. The highest BCUT2D eigenvalue weighted by molar-refractivity contribution is 7.89. The molecule has 0 aromatic heterocycles. The van der Waals surface area contributed by atoms with Gasteiger partial charge in [0.15, 0.2) is 11.5 Å². The first-order valence-corrected chi connectivity index (χ1v) is 11.7. The Kier molecular flexibility index (Phi) is 6.02. The normalized spacial score (nSPS) is 17.0. The van der Waals surface area contributed by atoms with Gasteiger partial charge in [-0.3, -0.25) is 14.9 Å². The van der Waals surface area contributed by atoms with Crippen LogP contribution in [0.2, 0.25) is 0 Å². The number of carbonyl (C=O) groups is 1. The van der Waals surface area contributed by atoms with Crippen molar-refractivity contribution < 1.29 is 27.6 Å². The van der Waals surface area contributed by atoms with Gasteiger partial charge in [0.1, 0.15) is 0 Å². The Labute approximate surface area is 185 Å². The summed E-state index contributed by atoms with van der Waals surface area (Å²) in [6.45, 7) is 3.12. The second-order valence-electron chi connectivity index (χ2n) is 7.56. The SMILES string of the molecule is Cc1c(C(=O)N2CCN(S(=O)(=O)c3ccc4c(c3)OCCCO4)CC2)cccc1[N+](=O)[O-]. The molecule has 2 aromatic carbocycles. The van der Waals surface area contributed by atoms with E-state index in [1.165, 1.54) is 40.4 Å². The van der Waals surface area contributed by atoms with Gasteiger partial charge in [-0.15, -0.1) is 0 Å². The van der Waals surface area contributed by atoms with Crippen LogP contribution in [0, 0.1) is 17.0 Å². The molecule has 2 aliphatic rings. The largest absolute Gasteiger partial charge is 0.490 e. The quantitative estimate of drug-likeness (QED) is 0.506. The lowest BCUT2D eigenvalue weighted by Crippen LogP contribution is -2.50. The van der Waals surface area contributed by atoms with Crippen LogP contribution in [-0.2, 0) is 10.0 Å². The summed E-state index contributed by atoms with van der Waals surface area (Å²) in [5.41, 5.74) is 0.426. The standard InChI is InChI=1S/C21H23N3O7S/c1-15-17(4-2-5-18(15)24(26)27)21(25)22-8-10-23(11-9-22)32(28,29)16-6-7-19-20(14-16)31-13-3-12-30-19/h2,4-7,14H,3,8-13H2,1H3. The molecule has 1 amide bonds. The minimum Gasteiger partial charge on any atom is -0.490 e. The van der Waals surface area contributed by atoms with Crippen LogP contribution in [0.25, 0.3) is 0 Å². The van der Waals surface area contributed by atoms with Gasteiger partial charge in [-0.25, -0.2) is 8.42 Å². The predicted molar refractivity (Wildman–Crippen MR) is 115 cm³/mol. The van der Waals surface area contributed by atoms with E-state index in [-0.39, 0.29) is 48.2 Å². The Hall–Kier alpha value is -3.18. The first-order valence-electron chi connectivity index (χ1n) is 10.2. The molecule has 4 rings (SSSR count). The lowest BCUT2D eigenvalue weighted by atomic mass is 10.1. The number of sulfonamides is 1. The number of benzene rings is 2. The predicted octanol–water partition coefficient (Wildman–Crippen LogP) is 2.21. The van der Waals surface area contributed by atoms with Crippen molar-refractivity contribution in [3.63, 3.8) is 0 Å². The minimum atomic E-state index is -3.78. The van der Waals surface area contributed by atoms with Crippen molar-refractivity contribution in [3.8, 4) is 11.5 Å². The second-order valence-corrected chi connectivity index (χ2v) is 9.50. The number of nitro benzene ring substituents is 1. The number of ether oxygens (including phenoxy) is 2. The van der Waals surface area contributed by atoms with Crippen LogP contribution in [0.4, 0.5) is 5.69 Å². The van der Waals surface area contributed by atoms with Gasteiger partial charge in [0.25, 0.3) is 11.6 Å². The molecule has 0 unspecified atom stereocenters. The number of piperazine rings is 1. The van der Waals surface area contributed by atoms with Gasteiger partial charge in [0.05, 0.1) is 23.0 Å². The molecule has 0 spiro atoms. The van der Waals surface area contributed by atoms with Crippen molar-refractivity contribution in [1.29, 1.82) is 0 Å². The zero-order valence-electron chi connectivity index (χ0n) is 17.5. The van der Waals surface area contributed by atoms with Crippen molar-refractivity contribution in [2.75, 3.05) is 39.4 Å². The Bertz CT molecular complexity index is 1160. The fourth-order valence-corrected chi connectivity index (χ4v) is 5.25. The fourth-order valence-electron chi connectivity index (χ4n) is 3.81. The average Bonchev–Trinajstić information content (AvgIpc) is 3.03. The van der Waals surface area contributed by atoms with E-state index in [9.17, 15) is 23.3 Å². The second kappa shape index (κ2) is 8.75.